The second-order valence-electron chi connectivity index (χ2n) is 3.27. The molecule has 0 saturated carbocycles. The van der Waals surface area contributed by atoms with E-state index in [2.05, 4.69) is 10.3 Å². The topological polar surface area (TPSA) is 30.7 Å². The Kier molecular flexibility index (Phi) is 2.87. The van der Waals surface area contributed by atoms with Crippen molar-refractivity contribution in [3.8, 4) is 5.69 Å². The number of rotatable bonds is 2. The molecule has 1 unspecified atom stereocenters. The van der Waals surface area contributed by atoms with Gasteiger partial charge in [0.2, 0.25) is 0 Å². The molecule has 1 aromatic carbocycles. The third-order valence-corrected chi connectivity index (χ3v) is 2.31. The smallest absolute Gasteiger partial charge is 0.151 e. The lowest BCUT2D eigenvalue weighted by Crippen LogP contribution is -2.01. The number of aromatic nitrogens is 3. The molecule has 0 fully saturated rings. The average Bonchev–Trinajstić information content (AvgIpc) is 2.66. The standard InChI is InChI=1S/C10H8ClF2N3/c1-6(11)9-5-16(15-14-9)10-7(12)3-2-4-8(10)13/h2-6H,1H3. The molecule has 1 atom stereocenters. The summed E-state index contributed by atoms with van der Waals surface area (Å²) in [6, 6.07) is 3.60. The van der Waals surface area contributed by atoms with Gasteiger partial charge in [-0.05, 0) is 19.1 Å². The number of para-hydroxylation sites is 1. The Bertz CT molecular complexity index is 490. The van der Waals surface area contributed by atoms with Gasteiger partial charge in [-0.25, -0.2) is 13.5 Å². The Hall–Kier alpha value is -1.49. The number of alkyl halides is 1. The summed E-state index contributed by atoms with van der Waals surface area (Å²) in [5.74, 6) is -1.39. The van der Waals surface area contributed by atoms with E-state index in [0.29, 0.717) is 5.69 Å². The predicted octanol–water partition coefficient (Wildman–Crippen LogP) is 2.85. The summed E-state index contributed by atoms with van der Waals surface area (Å²) in [6.45, 7) is 1.70. The normalized spacial score (nSPS) is 12.8. The summed E-state index contributed by atoms with van der Waals surface area (Å²) in [5, 5.41) is 7.00. The fourth-order valence-electron chi connectivity index (χ4n) is 1.28. The van der Waals surface area contributed by atoms with Crippen LogP contribution in [0.2, 0.25) is 0 Å². The van der Waals surface area contributed by atoms with Crippen LogP contribution in [-0.4, -0.2) is 15.0 Å². The summed E-state index contributed by atoms with van der Waals surface area (Å²) >= 11 is 5.78. The van der Waals surface area contributed by atoms with Gasteiger partial charge >= 0.3 is 0 Å². The summed E-state index contributed by atoms with van der Waals surface area (Å²) in [5.41, 5.74) is 0.211. The first-order valence-corrected chi connectivity index (χ1v) is 5.04. The molecule has 2 aromatic rings. The molecule has 0 radical (unpaired) electrons. The van der Waals surface area contributed by atoms with Gasteiger partial charge in [-0.15, -0.1) is 16.7 Å². The zero-order valence-corrected chi connectivity index (χ0v) is 9.12. The Balaban J connectivity index is 2.50. The molecule has 0 aliphatic carbocycles. The highest BCUT2D eigenvalue weighted by Crippen LogP contribution is 2.20. The first kappa shape index (κ1) is 11.0. The number of nitrogens with zero attached hydrogens (tertiary/aromatic N) is 3. The third kappa shape index (κ3) is 1.90. The van der Waals surface area contributed by atoms with Crippen molar-refractivity contribution >= 4 is 11.6 Å². The molecule has 0 aliphatic rings. The maximum absolute atomic E-state index is 13.4. The Morgan fingerprint density at radius 3 is 2.44 bits per heavy atom. The molecule has 84 valence electrons. The molecule has 0 aliphatic heterocycles. The molecule has 1 aromatic heterocycles. The van der Waals surface area contributed by atoms with Crippen molar-refractivity contribution in [3.05, 3.63) is 41.7 Å². The third-order valence-electron chi connectivity index (χ3n) is 2.09. The second kappa shape index (κ2) is 4.17. The van der Waals surface area contributed by atoms with E-state index in [9.17, 15) is 8.78 Å². The highest BCUT2D eigenvalue weighted by atomic mass is 35.5. The van der Waals surface area contributed by atoms with E-state index in [1.165, 1.54) is 12.3 Å². The largest absolute Gasteiger partial charge is 0.214 e. The predicted molar refractivity (Wildman–Crippen MR) is 55.5 cm³/mol. The minimum Gasteiger partial charge on any atom is -0.214 e. The minimum absolute atomic E-state index is 0.251. The molecule has 0 spiro atoms. The Morgan fingerprint density at radius 1 is 1.31 bits per heavy atom. The molecule has 0 bridgehead atoms. The zero-order chi connectivity index (χ0) is 11.7. The molecule has 2 rings (SSSR count). The highest BCUT2D eigenvalue weighted by molar-refractivity contribution is 6.20. The number of benzene rings is 1. The summed E-state index contributed by atoms with van der Waals surface area (Å²) in [6.07, 6.45) is 1.40. The van der Waals surface area contributed by atoms with Gasteiger partial charge in [0.1, 0.15) is 11.4 Å². The summed E-state index contributed by atoms with van der Waals surface area (Å²) in [4.78, 5) is 0. The first-order valence-electron chi connectivity index (χ1n) is 4.60. The SMILES string of the molecule is CC(Cl)c1cn(-c2c(F)cccc2F)nn1. The number of hydrogen-bond donors (Lipinski definition) is 0. The molecule has 16 heavy (non-hydrogen) atoms. The van der Waals surface area contributed by atoms with Crippen molar-refractivity contribution in [2.45, 2.75) is 12.3 Å². The highest BCUT2D eigenvalue weighted by Gasteiger charge is 2.14. The monoisotopic (exact) mass is 243 g/mol. The van der Waals surface area contributed by atoms with E-state index in [4.69, 9.17) is 11.6 Å². The Labute approximate surface area is 95.6 Å². The second-order valence-corrected chi connectivity index (χ2v) is 3.93. The maximum Gasteiger partial charge on any atom is 0.151 e. The van der Waals surface area contributed by atoms with Crippen LogP contribution >= 0.6 is 11.6 Å². The Morgan fingerprint density at radius 2 is 1.94 bits per heavy atom. The maximum atomic E-state index is 13.4. The van der Waals surface area contributed by atoms with Crippen molar-refractivity contribution in [3.63, 3.8) is 0 Å². The van der Waals surface area contributed by atoms with Crippen molar-refractivity contribution in [2.75, 3.05) is 0 Å². The van der Waals surface area contributed by atoms with Gasteiger partial charge in [-0.3, -0.25) is 0 Å². The zero-order valence-electron chi connectivity index (χ0n) is 8.36. The molecular weight excluding hydrogens is 236 g/mol. The van der Waals surface area contributed by atoms with Gasteiger partial charge in [0.15, 0.2) is 11.6 Å². The molecule has 1 heterocycles. The first-order chi connectivity index (χ1) is 7.59. The van der Waals surface area contributed by atoms with Crippen molar-refractivity contribution in [1.82, 2.24) is 15.0 Å². The van der Waals surface area contributed by atoms with Gasteiger partial charge in [0.05, 0.1) is 11.6 Å². The van der Waals surface area contributed by atoms with Gasteiger partial charge < -0.3 is 0 Å². The lowest BCUT2D eigenvalue weighted by Gasteiger charge is -2.02. The van der Waals surface area contributed by atoms with Crippen LogP contribution in [-0.2, 0) is 0 Å². The van der Waals surface area contributed by atoms with Gasteiger partial charge in [0, 0.05) is 0 Å². The van der Waals surface area contributed by atoms with E-state index < -0.39 is 11.6 Å². The minimum atomic E-state index is -0.696. The van der Waals surface area contributed by atoms with Gasteiger partial charge in [-0.2, -0.15) is 0 Å². The average molecular weight is 244 g/mol. The van der Waals surface area contributed by atoms with Crippen LogP contribution < -0.4 is 0 Å². The number of halogens is 3. The van der Waals surface area contributed by atoms with E-state index in [1.807, 2.05) is 0 Å². The molecule has 6 heteroatoms. The van der Waals surface area contributed by atoms with Crippen molar-refractivity contribution in [1.29, 1.82) is 0 Å². The molecule has 0 saturated heterocycles. The van der Waals surface area contributed by atoms with Crippen molar-refractivity contribution < 1.29 is 8.78 Å². The van der Waals surface area contributed by atoms with E-state index in [-0.39, 0.29) is 11.1 Å². The number of hydrogen-bond acceptors (Lipinski definition) is 2. The quantitative estimate of drug-likeness (QED) is 0.760. The lowest BCUT2D eigenvalue weighted by atomic mass is 10.3. The molecule has 0 N–H and O–H groups in total. The van der Waals surface area contributed by atoms with E-state index in [1.54, 1.807) is 6.92 Å². The molecule has 3 nitrogen and oxygen atoms in total. The van der Waals surface area contributed by atoms with Crippen LogP contribution in [0.5, 0.6) is 0 Å². The van der Waals surface area contributed by atoms with Crippen LogP contribution in [0.4, 0.5) is 8.78 Å². The van der Waals surface area contributed by atoms with Crippen LogP contribution in [0.15, 0.2) is 24.4 Å². The van der Waals surface area contributed by atoms with Crippen LogP contribution in [0, 0.1) is 11.6 Å². The van der Waals surface area contributed by atoms with Crippen LogP contribution in [0.1, 0.15) is 18.0 Å². The van der Waals surface area contributed by atoms with Crippen LogP contribution in [0.3, 0.4) is 0 Å². The summed E-state index contributed by atoms with van der Waals surface area (Å²) in [7, 11) is 0. The van der Waals surface area contributed by atoms with Gasteiger partial charge in [0.25, 0.3) is 0 Å². The molecule has 0 amide bonds. The fraction of sp³-hybridized carbons (Fsp3) is 0.200. The van der Waals surface area contributed by atoms with Gasteiger partial charge in [-0.1, -0.05) is 11.3 Å². The van der Waals surface area contributed by atoms with E-state index in [0.717, 1.165) is 16.8 Å². The molecular formula is C10H8ClF2N3. The lowest BCUT2D eigenvalue weighted by molar-refractivity contribution is 0.556. The van der Waals surface area contributed by atoms with E-state index >= 15 is 0 Å². The fourth-order valence-corrected chi connectivity index (χ4v) is 1.38. The van der Waals surface area contributed by atoms with Crippen molar-refractivity contribution in [2.24, 2.45) is 0 Å². The summed E-state index contributed by atoms with van der Waals surface area (Å²) < 4.78 is 27.8. The van der Waals surface area contributed by atoms with Crippen LogP contribution in [0.25, 0.3) is 5.69 Å².